The molecule has 3 heterocycles. The highest BCUT2D eigenvalue weighted by Crippen LogP contribution is 2.61. The van der Waals surface area contributed by atoms with Gasteiger partial charge >= 0.3 is 6.09 Å². The Kier molecular flexibility index (Phi) is 7.68. The third-order valence-corrected chi connectivity index (χ3v) is 9.32. The van der Waals surface area contributed by atoms with Crippen LogP contribution >= 0.6 is 0 Å². The fourth-order valence-corrected chi connectivity index (χ4v) is 7.28. The number of nitrogens with zero attached hydrogens (tertiary/aromatic N) is 2. The molecule has 194 valence electrons. The molecule has 3 saturated heterocycles. The number of carboxylic acid groups (broad SMARTS) is 1. The normalized spacial score (nSPS) is 41.2. The molecule has 7 nitrogen and oxygen atoms in total. The Morgan fingerprint density at radius 1 is 1.26 bits per heavy atom. The Morgan fingerprint density at radius 2 is 1.97 bits per heavy atom. The van der Waals surface area contributed by atoms with Crippen molar-refractivity contribution in [2.75, 3.05) is 39.9 Å². The molecule has 4 rings (SSSR count). The van der Waals surface area contributed by atoms with Crippen LogP contribution in [0.15, 0.2) is 11.6 Å². The van der Waals surface area contributed by atoms with Crippen molar-refractivity contribution in [3.8, 4) is 0 Å². The number of carbonyl (C=O) groups is 1. The van der Waals surface area contributed by atoms with Crippen molar-refractivity contribution in [2.45, 2.75) is 96.2 Å². The van der Waals surface area contributed by atoms with Crippen molar-refractivity contribution in [1.29, 1.82) is 0 Å². The van der Waals surface area contributed by atoms with Gasteiger partial charge in [0, 0.05) is 31.5 Å². The predicted octanol–water partition coefficient (Wildman–Crippen LogP) is 4.41. The van der Waals surface area contributed by atoms with Crippen LogP contribution < -0.4 is 0 Å². The molecule has 1 spiro atoms. The highest BCUT2D eigenvalue weighted by molar-refractivity contribution is 5.66. The second-order valence-electron chi connectivity index (χ2n) is 11.4. The number of methoxy groups -OCH3 is 1. The molecular formula is C27H46N2O5. The van der Waals surface area contributed by atoms with E-state index >= 15 is 0 Å². The van der Waals surface area contributed by atoms with Gasteiger partial charge in [-0.1, -0.05) is 25.5 Å². The molecule has 1 amide bonds. The smallest absolute Gasteiger partial charge is 0.407 e. The van der Waals surface area contributed by atoms with E-state index in [4.69, 9.17) is 14.2 Å². The van der Waals surface area contributed by atoms with Gasteiger partial charge in [0.05, 0.1) is 24.4 Å². The summed E-state index contributed by atoms with van der Waals surface area (Å²) in [4.78, 5) is 16.5. The quantitative estimate of drug-likeness (QED) is 0.370. The standard InChI is InChI=1S/C27H46N2O5/c1-7-28(8-2)15-12-19-13-16-29(25(30)31)22(19)20-11-14-27(17-33-27)24(23(20)32-6)26(5)21(34-26)10-9-18(3)4/h9,19-24H,7-8,10-17H2,1-6H3,(H,30,31)/t19-,20-,21-,22-,23+,24-,26+,27?/m1/s1. The van der Waals surface area contributed by atoms with Crippen LogP contribution in [0, 0.1) is 17.8 Å². The summed E-state index contributed by atoms with van der Waals surface area (Å²) >= 11 is 0. The second-order valence-corrected chi connectivity index (χ2v) is 11.4. The van der Waals surface area contributed by atoms with Crippen LogP contribution in [0.25, 0.3) is 0 Å². The highest BCUT2D eigenvalue weighted by atomic mass is 16.6. The number of ether oxygens (including phenoxy) is 3. The van der Waals surface area contributed by atoms with E-state index in [1.165, 1.54) is 5.57 Å². The number of hydrogen-bond donors (Lipinski definition) is 1. The summed E-state index contributed by atoms with van der Waals surface area (Å²) in [6, 6.07) is -0.00445. The van der Waals surface area contributed by atoms with E-state index < -0.39 is 6.09 Å². The zero-order valence-corrected chi connectivity index (χ0v) is 22.1. The zero-order chi connectivity index (χ0) is 24.7. The third-order valence-electron chi connectivity index (χ3n) is 9.32. The van der Waals surface area contributed by atoms with E-state index in [1.54, 1.807) is 12.0 Å². The zero-order valence-electron chi connectivity index (χ0n) is 22.1. The molecule has 1 saturated carbocycles. The summed E-state index contributed by atoms with van der Waals surface area (Å²) in [5.41, 5.74) is 0.847. The van der Waals surface area contributed by atoms with Crippen LogP contribution in [0.4, 0.5) is 4.79 Å². The van der Waals surface area contributed by atoms with Gasteiger partial charge in [0.1, 0.15) is 5.60 Å². The minimum absolute atomic E-state index is 0.00445. The Morgan fingerprint density at radius 3 is 2.53 bits per heavy atom. The molecule has 3 aliphatic heterocycles. The van der Waals surface area contributed by atoms with Crippen LogP contribution in [0.3, 0.4) is 0 Å². The van der Waals surface area contributed by atoms with Crippen molar-refractivity contribution in [3.05, 3.63) is 11.6 Å². The van der Waals surface area contributed by atoms with E-state index in [-0.39, 0.29) is 41.3 Å². The van der Waals surface area contributed by atoms with E-state index in [0.717, 1.165) is 58.3 Å². The molecule has 0 aromatic heterocycles. The number of hydrogen-bond acceptors (Lipinski definition) is 5. The molecule has 8 atom stereocenters. The first-order valence-corrected chi connectivity index (χ1v) is 13.4. The van der Waals surface area contributed by atoms with Gasteiger partial charge in [0.15, 0.2) is 0 Å². The molecular weight excluding hydrogens is 432 g/mol. The minimum atomic E-state index is -0.792. The lowest BCUT2D eigenvalue weighted by Gasteiger charge is -2.47. The molecule has 4 fully saturated rings. The lowest BCUT2D eigenvalue weighted by molar-refractivity contribution is -0.102. The maximum absolute atomic E-state index is 12.3. The van der Waals surface area contributed by atoms with Gasteiger partial charge in [0.2, 0.25) is 0 Å². The van der Waals surface area contributed by atoms with Gasteiger partial charge in [-0.2, -0.15) is 0 Å². The second kappa shape index (κ2) is 10.1. The SMILES string of the molecule is CCN(CC)CC[C@@H]1CCN(C(=O)O)[C@H]1[C@H]1CCC2(CO2)[C@@H]([C@@]2(C)O[C@@H]2CC=C(C)C)[C@H]1OC. The molecule has 4 aliphatic rings. The van der Waals surface area contributed by atoms with Gasteiger partial charge in [-0.15, -0.1) is 0 Å². The third kappa shape index (κ3) is 4.78. The number of amides is 1. The molecule has 0 bridgehead atoms. The lowest BCUT2D eigenvalue weighted by atomic mass is 9.62. The maximum atomic E-state index is 12.3. The molecule has 1 N–H and O–H groups in total. The Bertz CT molecular complexity index is 760. The summed E-state index contributed by atoms with van der Waals surface area (Å²) in [7, 11) is 1.80. The first-order valence-electron chi connectivity index (χ1n) is 13.4. The van der Waals surface area contributed by atoms with Crippen LogP contribution in [-0.2, 0) is 14.2 Å². The molecule has 0 aromatic carbocycles. The lowest BCUT2D eigenvalue weighted by Crippen LogP contribution is -2.58. The largest absolute Gasteiger partial charge is 0.465 e. The van der Waals surface area contributed by atoms with E-state index in [1.807, 2.05) is 0 Å². The van der Waals surface area contributed by atoms with Gasteiger partial charge in [-0.3, -0.25) is 0 Å². The Hall–Kier alpha value is -1.15. The van der Waals surface area contributed by atoms with Crippen LogP contribution in [0.5, 0.6) is 0 Å². The van der Waals surface area contributed by atoms with Crippen molar-refractivity contribution < 1.29 is 24.1 Å². The first kappa shape index (κ1) is 25.9. The fraction of sp³-hybridized carbons (Fsp3) is 0.889. The number of rotatable bonds is 10. The summed E-state index contributed by atoms with van der Waals surface area (Å²) in [5.74, 6) is 0.651. The van der Waals surface area contributed by atoms with Crippen LogP contribution in [-0.4, -0.2) is 90.3 Å². The maximum Gasteiger partial charge on any atom is 0.407 e. The van der Waals surface area contributed by atoms with Crippen molar-refractivity contribution in [3.63, 3.8) is 0 Å². The van der Waals surface area contributed by atoms with Crippen molar-refractivity contribution in [1.82, 2.24) is 9.80 Å². The fourth-order valence-electron chi connectivity index (χ4n) is 7.28. The van der Waals surface area contributed by atoms with Gasteiger partial charge < -0.3 is 29.1 Å². The van der Waals surface area contributed by atoms with Crippen LogP contribution in [0.1, 0.15) is 66.7 Å². The molecule has 7 heteroatoms. The van der Waals surface area contributed by atoms with E-state index in [9.17, 15) is 9.90 Å². The molecule has 1 unspecified atom stereocenters. The molecule has 0 aromatic rings. The summed E-state index contributed by atoms with van der Waals surface area (Å²) in [6.07, 6.45) is 6.35. The van der Waals surface area contributed by atoms with Crippen molar-refractivity contribution in [2.24, 2.45) is 17.8 Å². The number of likely N-dealkylation sites (tertiary alicyclic amines) is 1. The highest BCUT2D eigenvalue weighted by Gasteiger charge is 2.72. The van der Waals surface area contributed by atoms with Gasteiger partial charge in [-0.05, 0) is 78.4 Å². The summed E-state index contributed by atoms with van der Waals surface area (Å²) < 4.78 is 18.8. The molecule has 34 heavy (non-hydrogen) atoms. The minimum Gasteiger partial charge on any atom is -0.465 e. The average molecular weight is 479 g/mol. The topological polar surface area (TPSA) is 78.1 Å². The summed E-state index contributed by atoms with van der Waals surface area (Å²) in [6.45, 7) is 15.3. The number of epoxide rings is 2. The summed E-state index contributed by atoms with van der Waals surface area (Å²) in [5, 5.41) is 10.1. The van der Waals surface area contributed by atoms with E-state index in [0.29, 0.717) is 12.5 Å². The van der Waals surface area contributed by atoms with Crippen molar-refractivity contribution >= 4 is 6.09 Å². The molecule has 1 aliphatic carbocycles. The molecule has 0 radical (unpaired) electrons. The average Bonchev–Trinajstić information content (AvgIpc) is 3.67. The Balaban J connectivity index is 1.58. The van der Waals surface area contributed by atoms with E-state index in [2.05, 4.69) is 45.6 Å². The van der Waals surface area contributed by atoms with Gasteiger partial charge in [0.25, 0.3) is 0 Å². The van der Waals surface area contributed by atoms with Crippen LogP contribution in [0.2, 0.25) is 0 Å². The first-order chi connectivity index (χ1) is 16.2. The Labute approximate surface area is 205 Å². The van der Waals surface area contributed by atoms with Gasteiger partial charge in [-0.25, -0.2) is 4.79 Å². The monoisotopic (exact) mass is 478 g/mol. The predicted molar refractivity (Wildman–Crippen MR) is 132 cm³/mol. The number of allylic oxidation sites excluding steroid dienone is 1.